The summed E-state index contributed by atoms with van der Waals surface area (Å²) in [5, 5.41) is 14.5. The Kier molecular flexibility index (Phi) is 10.8. The van der Waals surface area contributed by atoms with E-state index >= 15 is 0 Å². The first-order chi connectivity index (χ1) is 16.8. The first kappa shape index (κ1) is 28.0. The minimum Gasteiger partial charge on any atom is -0.463 e. The molecule has 1 aromatic rings. The minimum atomic E-state index is -1.04. The molecule has 192 valence electrons. The highest BCUT2D eigenvalue weighted by atomic mass is 16.7. The second kappa shape index (κ2) is 13.6. The van der Waals surface area contributed by atoms with Crippen LogP contribution in [0.4, 0.5) is 5.69 Å². The first-order valence-electron chi connectivity index (χ1n) is 11.2. The van der Waals surface area contributed by atoms with E-state index in [2.05, 4.69) is 5.32 Å². The first-order valence-corrected chi connectivity index (χ1v) is 11.2. The number of hydrogen-bond acceptors (Lipinski definition) is 10. The number of non-ortho nitro benzene ring substituents is 1. The minimum absolute atomic E-state index is 0.0170. The second-order valence-electron chi connectivity index (χ2n) is 7.55. The maximum absolute atomic E-state index is 13.4. The van der Waals surface area contributed by atoms with Crippen molar-refractivity contribution in [1.29, 1.82) is 0 Å². The summed E-state index contributed by atoms with van der Waals surface area (Å²) in [5.41, 5.74) is 0.882. The fourth-order valence-electron chi connectivity index (χ4n) is 3.75. The number of dihydropyridines is 1. The van der Waals surface area contributed by atoms with Crippen LogP contribution in [0.15, 0.2) is 46.8 Å². The molecule has 1 aliphatic heterocycles. The molecule has 1 heterocycles. The highest BCUT2D eigenvalue weighted by Crippen LogP contribution is 2.41. The second-order valence-corrected chi connectivity index (χ2v) is 7.55. The average molecular weight is 493 g/mol. The van der Waals surface area contributed by atoms with Gasteiger partial charge in [0.15, 0.2) is 6.29 Å². The SMILES string of the molecule is CCCOCCOC(=O)C1=C(C(OC)OC)NC(C)=C(C(=O)OCC)C1c1cccc([N+](=O)[O-])c1. The van der Waals surface area contributed by atoms with E-state index in [-0.39, 0.29) is 42.4 Å². The smallest absolute Gasteiger partial charge is 0.337 e. The van der Waals surface area contributed by atoms with Crippen LogP contribution in [-0.4, -0.2) is 63.8 Å². The van der Waals surface area contributed by atoms with Crippen LogP contribution in [0, 0.1) is 10.1 Å². The van der Waals surface area contributed by atoms with Crippen LogP contribution >= 0.6 is 0 Å². The lowest BCUT2D eigenvalue weighted by atomic mass is 9.80. The summed E-state index contributed by atoms with van der Waals surface area (Å²) in [6.45, 7) is 6.04. The van der Waals surface area contributed by atoms with E-state index in [1.54, 1.807) is 19.9 Å². The van der Waals surface area contributed by atoms with Crippen molar-refractivity contribution in [3.63, 3.8) is 0 Å². The number of carbonyl (C=O) groups excluding carboxylic acids is 2. The number of hydrogen-bond donors (Lipinski definition) is 1. The molecule has 1 atom stereocenters. The Bertz CT molecular complexity index is 983. The van der Waals surface area contributed by atoms with E-state index in [0.29, 0.717) is 17.9 Å². The number of esters is 2. The van der Waals surface area contributed by atoms with Gasteiger partial charge in [0.05, 0.1) is 40.9 Å². The van der Waals surface area contributed by atoms with Crippen molar-refractivity contribution in [2.75, 3.05) is 40.6 Å². The van der Waals surface area contributed by atoms with Crippen LogP contribution < -0.4 is 5.32 Å². The van der Waals surface area contributed by atoms with Gasteiger partial charge in [-0.05, 0) is 25.8 Å². The summed E-state index contributed by atoms with van der Waals surface area (Å²) in [7, 11) is 2.79. The zero-order chi connectivity index (χ0) is 26.0. The Balaban J connectivity index is 2.67. The van der Waals surface area contributed by atoms with Gasteiger partial charge in [0.1, 0.15) is 6.61 Å². The van der Waals surface area contributed by atoms with Gasteiger partial charge >= 0.3 is 11.9 Å². The molecule has 1 aromatic carbocycles. The molecule has 1 aliphatic rings. The van der Waals surface area contributed by atoms with Gasteiger partial charge in [0.2, 0.25) is 0 Å². The van der Waals surface area contributed by atoms with Crippen LogP contribution in [0.25, 0.3) is 0 Å². The fourth-order valence-corrected chi connectivity index (χ4v) is 3.75. The number of rotatable bonds is 13. The molecule has 0 amide bonds. The summed E-state index contributed by atoms with van der Waals surface area (Å²) in [4.78, 5) is 37.3. The van der Waals surface area contributed by atoms with Gasteiger partial charge in [-0.25, -0.2) is 9.59 Å². The number of nitro benzene ring substituents is 1. The molecule has 0 bridgehead atoms. The zero-order valence-corrected chi connectivity index (χ0v) is 20.6. The third-order valence-electron chi connectivity index (χ3n) is 5.20. The molecule has 2 rings (SSSR count). The zero-order valence-electron chi connectivity index (χ0n) is 20.6. The van der Waals surface area contributed by atoms with E-state index in [9.17, 15) is 19.7 Å². The number of ether oxygens (including phenoxy) is 5. The van der Waals surface area contributed by atoms with Crippen LogP contribution in [-0.2, 0) is 33.3 Å². The van der Waals surface area contributed by atoms with E-state index in [0.717, 1.165) is 6.42 Å². The maximum atomic E-state index is 13.4. The van der Waals surface area contributed by atoms with Crippen LogP contribution in [0.5, 0.6) is 0 Å². The molecule has 0 saturated heterocycles. The predicted octanol–water partition coefficient (Wildman–Crippen LogP) is 2.96. The van der Waals surface area contributed by atoms with Crippen molar-refractivity contribution in [2.24, 2.45) is 0 Å². The fraction of sp³-hybridized carbons (Fsp3) is 0.500. The normalized spacial score (nSPS) is 15.8. The Labute approximate surface area is 204 Å². The van der Waals surface area contributed by atoms with Gasteiger partial charge in [-0.15, -0.1) is 0 Å². The molecular weight excluding hydrogens is 460 g/mol. The molecule has 0 spiro atoms. The molecule has 0 fully saturated rings. The van der Waals surface area contributed by atoms with Gasteiger partial charge in [-0.1, -0.05) is 19.1 Å². The molecule has 0 aromatic heterocycles. The van der Waals surface area contributed by atoms with E-state index in [4.69, 9.17) is 23.7 Å². The lowest BCUT2D eigenvalue weighted by Gasteiger charge is -2.33. The van der Waals surface area contributed by atoms with Crippen molar-refractivity contribution in [1.82, 2.24) is 5.32 Å². The number of methoxy groups -OCH3 is 2. The molecular formula is C24H32N2O9. The summed E-state index contributed by atoms with van der Waals surface area (Å²) >= 11 is 0. The summed E-state index contributed by atoms with van der Waals surface area (Å²) in [6, 6.07) is 5.72. The van der Waals surface area contributed by atoms with E-state index in [1.165, 1.54) is 32.4 Å². The third-order valence-corrected chi connectivity index (χ3v) is 5.20. The largest absolute Gasteiger partial charge is 0.463 e. The third kappa shape index (κ3) is 6.87. The molecule has 35 heavy (non-hydrogen) atoms. The number of allylic oxidation sites excluding steroid dienone is 1. The molecule has 0 radical (unpaired) electrons. The van der Waals surface area contributed by atoms with Gasteiger partial charge in [0.25, 0.3) is 5.69 Å². The standard InChI is InChI=1S/C24H32N2O9/c1-6-11-33-12-13-35-23(28)20-19(16-9-8-10-17(14-16)26(29)30)18(22(27)34-7-2)15(3)25-21(20)24(31-4)32-5/h8-10,14,19,24-25H,6-7,11-13H2,1-5H3. The molecule has 11 heteroatoms. The molecule has 11 nitrogen and oxygen atoms in total. The predicted molar refractivity (Wildman–Crippen MR) is 125 cm³/mol. The van der Waals surface area contributed by atoms with Gasteiger partial charge < -0.3 is 29.0 Å². The summed E-state index contributed by atoms with van der Waals surface area (Å²) in [5.74, 6) is -2.46. The number of nitrogens with one attached hydrogen (secondary N) is 1. The van der Waals surface area contributed by atoms with Crippen molar-refractivity contribution in [3.05, 3.63) is 62.5 Å². The van der Waals surface area contributed by atoms with Crippen molar-refractivity contribution in [3.8, 4) is 0 Å². The van der Waals surface area contributed by atoms with Crippen LogP contribution in [0.3, 0.4) is 0 Å². The highest BCUT2D eigenvalue weighted by Gasteiger charge is 2.41. The van der Waals surface area contributed by atoms with E-state index in [1.807, 2.05) is 6.92 Å². The maximum Gasteiger partial charge on any atom is 0.337 e. The molecule has 1 N–H and O–H groups in total. The Morgan fingerprint density at radius 3 is 2.34 bits per heavy atom. The molecule has 0 saturated carbocycles. The van der Waals surface area contributed by atoms with Crippen molar-refractivity contribution in [2.45, 2.75) is 39.4 Å². The monoisotopic (exact) mass is 492 g/mol. The Hall–Kier alpha value is -3.28. The highest BCUT2D eigenvalue weighted by molar-refractivity contribution is 6.00. The van der Waals surface area contributed by atoms with Crippen LogP contribution in [0.1, 0.15) is 38.7 Å². The average Bonchev–Trinajstić information content (AvgIpc) is 2.84. The summed E-state index contributed by atoms with van der Waals surface area (Å²) in [6.07, 6.45) is -0.188. The van der Waals surface area contributed by atoms with Gasteiger partial charge in [-0.2, -0.15) is 0 Å². The van der Waals surface area contributed by atoms with Crippen LogP contribution in [0.2, 0.25) is 0 Å². The van der Waals surface area contributed by atoms with Crippen molar-refractivity contribution >= 4 is 17.6 Å². The molecule has 1 unspecified atom stereocenters. The quantitative estimate of drug-likeness (QED) is 0.144. The lowest BCUT2D eigenvalue weighted by molar-refractivity contribution is -0.384. The topological polar surface area (TPSA) is 135 Å². The number of benzene rings is 1. The number of nitrogens with zero attached hydrogens (tertiary/aromatic N) is 1. The summed E-state index contributed by atoms with van der Waals surface area (Å²) < 4.78 is 26.9. The number of nitro groups is 1. The van der Waals surface area contributed by atoms with Crippen molar-refractivity contribution < 1.29 is 38.2 Å². The van der Waals surface area contributed by atoms with Gasteiger partial charge in [0, 0.05) is 38.7 Å². The Morgan fingerprint density at radius 2 is 1.74 bits per heavy atom. The lowest BCUT2D eigenvalue weighted by Crippen LogP contribution is -2.38. The van der Waals surface area contributed by atoms with E-state index < -0.39 is 29.1 Å². The van der Waals surface area contributed by atoms with Gasteiger partial charge in [-0.3, -0.25) is 10.1 Å². The number of carbonyl (C=O) groups is 2. The molecule has 0 aliphatic carbocycles. The Morgan fingerprint density at radius 1 is 1.06 bits per heavy atom.